The van der Waals surface area contributed by atoms with Gasteiger partial charge in [-0.15, -0.1) is 0 Å². The fraction of sp³-hybridized carbons (Fsp3) is 0.250. The van der Waals surface area contributed by atoms with Crippen LogP contribution in [0.1, 0.15) is 49.8 Å². The quantitative estimate of drug-likeness (QED) is 0.498. The molecule has 1 aliphatic heterocycles. The van der Waals surface area contributed by atoms with Crippen LogP contribution in [0, 0.1) is 13.8 Å². The van der Waals surface area contributed by atoms with Crippen molar-refractivity contribution in [3.05, 3.63) is 99.6 Å². The highest BCUT2D eigenvalue weighted by atomic mass is 16.5. The normalized spacial score (nSPS) is 15.4. The average molecular weight is 428 g/mol. The van der Waals surface area contributed by atoms with Crippen molar-refractivity contribution in [3.8, 4) is 11.5 Å². The third-order valence-corrected chi connectivity index (χ3v) is 6.01. The lowest BCUT2D eigenvalue weighted by Gasteiger charge is -2.26. The number of nitrogens with one attached hydrogen (secondary N) is 1. The minimum absolute atomic E-state index is 0.0845. The van der Waals surface area contributed by atoms with Gasteiger partial charge in [0.15, 0.2) is 11.5 Å². The van der Waals surface area contributed by atoms with E-state index in [1.165, 1.54) is 11.1 Å². The van der Waals surface area contributed by atoms with Crippen LogP contribution in [0.15, 0.2) is 60.7 Å². The molecular formula is C28H29NO3. The maximum Gasteiger partial charge on any atom is 0.161 e. The molecular weight excluding hydrogens is 398 g/mol. The van der Waals surface area contributed by atoms with Gasteiger partial charge in [-0.25, -0.2) is 0 Å². The van der Waals surface area contributed by atoms with Gasteiger partial charge in [0.1, 0.15) is 12.9 Å². The molecule has 4 rings (SSSR count). The molecule has 0 saturated heterocycles. The van der Waals surface area contributed by atoms with Gasteiger partial charge in [-0.05, 0) is 71.8 Å². The summed E-state index contributed by atoms with van der Waals surface area (Å²) in [7, 11) is 1.68. The van der Waals surface area contributed by atoms with Crippen molar-refractivity contribution < 1.29 is 14.3 Å². The molecule has 164 valence electrons. The number of hydrogen-bond acceptors (Lipinski definition) is 4. The Bertz CT molecular complexity index is 1140. The molecule has 1 heterocycles. The first-order chi connectivity index (χ1) is 15.6. The monoisotopic (exact) mass is 427 g/mol. The zero-order valence-electron chi connectivity index (χ0n) is 18.9. The van der Waals surface area contributed by atoms with Gasteiger partial charge in [0.05, 0.1) is 13.2 Å². The van der Waals surface area contributed by atoms with E-state index in [9.17, 15) is 4.79 Å². The van der Waals surface area contributed by atoms with E-state index in [2.05, 4.69) is 47.8 Å². The van der Waals surface area contributed by atoms with Crippen molar-refractivity contribution in [1.82, 2.24) is 5.32 Å². The van der Waals surface area contributed by atoms with E-state index < -0.39 is 0 Å². The fourth-order valence-electron chi connectivity index (χ4n) is 4.14. The number of aryl methyl sites for hydroxylation is 2. The lowest BCUT2D eigenvalue weighted by Crippen LogP contribution is -2.28. The van der Waals surface area contributed by atoms with Crippen molar-refractivity contribution in [2.45, 2.75) is 32.9 Å². The van der Waals surface area contributed by atoms with Gasteiger partial charge in [0, 0.05) is 12.1 Å². The van der Waals surface area contributed by atoms with Crippen LogP contribution in [0.4, 0.5) is 0 Å². The molecule has 4 nitrogen and oxygen atoms in total. The Morgan fingerprint density at radius 1 is 1.00 bits per heavy atom. The van der Waals surface area contributed by atoms with Crippen LogP contribution in [0.25, 0.3) is 6.08 Å². The number of methoxy groups -OCH3 is 1. The first kappa shape index (κ1) is 21.8. The Kier molecular flexibility index (Phi) is 6.72. The van der Waals surface area contributed by atoms with Crippen LogP contribution in [-0.2, 0) is 13.0 Å². The topological polar surface area (TPSA) is 47.6 Å². The summed E-state index contributed by atoms with van der Waals surface area (Å²) in [6.45, 7) is 5.41. The molecule has 0 radical (unpaired) electrons. The Balaban J connectivity index is 1.58. The largest absolute Gasteiger partial charge is 0.493 e. The molecule has 0 aliphatic carbocycles. The third-order valence-electron chi connectivity index (χ3n) is 6.01. The van der Waals surface area contributed by atoms with Gasteiger partial charge in [0.25, 0.3) is 0 Å². The van der Waals surface area contributed by atoms with Crippen molar-refractivity contribution in [2.24, 2.45) is 0 Å². The maximum atomic E-state index is 11.2. The second-order valence-electron chi connectivity index (χ2n) is 8.20. The molecule has 0 amide bonds. The van der Waals surface area contributed by atoms with Crippen molar-refractivity contribution >= 4 is 12.4 Å². The lowest BCUT2D eigenvalue weighted by atomic mass is 9.92. The van der Waals surface area contributed by atoms with E-state index in [0.29, 0.717) is 6.61 Å². The predicted molar refractivity (Wildman–Crippen MR) is 129 cm³/mol. The van der Waals surface area contributed by atoms with Gasteiger partial charge in [-0.2, -0.15) is 0 Å². The van der Waals surface area contributed by atoms with E-state index in [4.69, 9.17) is 9.47 Å². The molecule has 3 aromatic carbocycles. The molecule has 1 aliphatic rings. The fourth-order valence-corrected chi connectivity index (χ4v) is 4.14. The summed E-state index contributed by atoms with van der Waals surface area (Å²) >= 11 is 0. The second kappa shape index (κ2) is 9.84. The number of carbonyl (C=O) groups is 1. The third kappa shape index (κ3) is 4.76. The van der Waals surface area contributed by atoms with Gasteiger partial charge >= 0.3 is 0 Å². The Labute approximate surface area is 189 Å². The highest BCUT2D eigenvalue weighted by Gasteiger charge is 2.21. The molecule has 0 aromatic heterocycles. The van der Waals surface area contributed by atoms with Crippen LogP contribution < -0.4 is 14.8 Å². The summed E-state index contributed by atoms with van der Waals surface area (Å²) in [5.74, 6) is 1.51. The smallest absolute Gasteiger partial charge is 0.161 e. The summed E-state index contributed by atoms with van der Waals surface area (Å²) in [6, 6.07) is 18.5. The van der Waals surface area contributed by atoms with Gasteiger partial charge in [0.2, 0.25) is 0 Å². The summed E-state index contributed by atoms with van der Waals surface area (Å²) in [6.07, 6.45) is 6.18. The van der Waals surface area contributed by atoms with Gasteiger partial charge in [-0.1, -0.05) is 48.6 Å². The van der Waals surface area contributed by atoms with Crippen LogP contribution in [0.2, 0.25) is 0 Å². The SMILES string of the molecule is COc1cc2c(cc1OCc1ccccc1)CCNC2/C=C/c1cc(C)c(C=O)cc1C. The van der Waals surface area contributed by atoms with Crippen LogP contribution in [0.5, 0.6) is 11.5 Å². The Morgan fingerprint density at radius 3 is 2.50 bits per heavy atom. The number of carbonyl (C=O) groups excluding carboxylic acids is 1. The molecule has 1 atom stereocenters. The Hall–Kier alpha value is -3.37. The van der Waals surface area contributed by atoms with E-state index >= 15 is 0 Å². The number of hydrogen-bond donors (Lipinski definition) is 1. The van der Waals surface area contributed by atoms with Crippen molar-refractivity contribution in [2.75, 3.05) is 13.7 Å². The zero-order valence-corrected chi connectivity index (χ0v) is 18.9. The highest BCUT2D eigenvalue weighted by Crippen LogP contribution is 2.36. The number of fused-ring (bicyclic) bond motifs is 1. The first-order valence-corrected chi connectivity index (χ1v) is 10.9. The van der Waals surface area contributed by atoms with Crippen LogP contribution in [-0.4, -0.2) is 19.9 Å². The minimum Gasteiger partial charge on any atom is -0.493 e. The van der Waals surface area contributed by atoms with Crippen LogP contribution >= 0.6 is 0 Å². The molecule has 0 spiro atoms. The van der Waals surface area contributed by atoms with Crippen LogP contribution in [0.3, 0.4) is 0 Å². The molecule has 1 N–H and O–H groups in total. The Morgan fingerprint density at radius 2 is 1.75 bits per heavy atom. The first-order valence-electron chi connectivity index (χ1n) is 10.9. The maximum absolute atomic E-state index is 11.2. The molecule has 0 saturated carbocycles. The average Bonchev–Trinajstić information content (AvgIpc) is 2.82. The molecule has 1 unspecified atom stereocenters. The standard InChI is InChI=1S/C28H29NO3/c1-19-14-24(17-30)20(2)13-22(19)9-10-26-25-16-27(31-3)28(15-23(25)11-12-29-26)32-18-21-7-5-4-6-8-21/h4-10,13-17,26,29H,11-12,18H2,1-3H3/b10-9+. The van der Waals surface area contributed by atoms with E-state index in [1.54, 1.807) is 7.11 Å². The minimum atomic E-state index is 0.0845. The van der Waals surface area contributed by atoms with Crippen molar-refractivity contribution in [1.29, 1.82) is 0 Å². The van der Waals surface area contributed by atoms with Gasteiger partial charge < -0.3 is 14.8 Å². The molecule has 3 aromatic rings. The molecule has 4 heteroatoms. The summed E-state index contributed by atoms with van der Waals surface area (Å²) in [5, 5.41) is 3.59. The molecule has 32 heavy (non-hydrogen) atoms. The highest BCUT2D eigenvalue weighted by molar-refractivity contribution is 5.79. The van der Waals surface area contributed by atoms with Gasteiger partial charge in [-0.3, -0.25) is 4.79 Å². The lowest BCUT2D eigenvalue weighted by molar-refractivity contribution is 0.112. The summed E-state index contributed by atoms with van der Waals surface area (Å²) in [4.78, 5) is 11.2. The van der Waals surface area contributed by atoms with E-state index in [1.807, 2.05) is 38.1 Å². The summed E-state index contributed by atoms with van der Waals surface area (Å²) < 4.78 is 11.8. The number of rotatable bonds is 7. The molecule has 0 fully saturated rings. The second-order valence-corrected chi connectivity index (χ2v) is 8.20. The molecule has 0 bridgehead atoms. The summed E-state index contributed by atoms with van der Waals surface area (Å²) in [5.41, 5.74) is 7.55. The zero-order chi connectivity index (χ0) is 22.5. The van der Waals surface area contributed by atoms with Crippen molar-refractivity contribution in [3.63, 3.8) is 0 Å². The number of benzene rings is 3. The van der Waals surface area contributed by atoms with E-state index in [0.717, 1.165) is 58.6 Å². The number of ether oxygens (including phenoxy) is 2. The van der Waals surface area contributed by atoms with E-state index in [-0.39, 0.29) is 6.04 Å². The predicted octanol–water partition coefficient (Wildman–Crippen LogP) is 5.60. The number of aldehydes is 1.